The number of nitro benzene ring substituents is 1. The van der Waals surface area contributed by atoms with Gasteiger partial charge in [-0.2, -0.15) is 0 Å². The number of hydrogen-bond acceptors (Lipinski definition) is 5. The minimum Gasteiger partial charge on any atom is -0.478 e. The van der Waals surface area contributed by atoms with E-state index < -0.39 is 10.9 Å². The van der Waals surface area contributed by atoms with Crippen LogP contribution in [0.15, 0.2) is 41.0 Å². The summed E-state index contributed by atoms with van der Waals surface area (Å²) < 4.78 is 5.08. The Morgan fingerprint density at radius 1 is 1.25 bits per heavy atom. The van der Waals surface area contributed by atoms with Crippen molar-refractivity contribution in [3.8, 4) is 0 Å². The van der Waals surface area contributed by atoms with Crippen LogP contribution in [0.2, 0.25) is 0 Å². The van der Waals surface area contributed by atoms with Crippen molar-refractivity contribution in [2.24, 2.45) is 0 Å². The van der Waals surface area contributed by atoms with Gasteiger partial charge in [-0.3, -0.25) is 10.1 Å². The number of benzene rings is 1. The van der Waals surface area contributed by atoms with Gasteiger partial charge in [-0.1, -0.05) is 12.1 Å². The Kier molecular flexibility index (Phi) is 4.11. The summed E-state index contributed by atoms with van der Waals surface area (Å²) in [5, 5.41) is 22.4. The monoisotopic (exact) mass is 276 g/mol. The highest BCUT2D eigenvalue weighted by Gasteiger charge is 2.12. The first kappa shape index (κ1) is 13.8. The predicted molar refractivity (Wildman–Crippen MR) is 69.3 cm³/mol. The summed E-state index contributed by atoms with van der Waals surface area (Å²) in [6, 6.07) is 7.53. The Bertz CT molecular complexity index is 618. The SMILES string of the molecule is O=C(O)c1ccoc1CNCc1ccc([N+](=O)[O-])cc1. The first-order valence-corrected chi connectivity index (χ1v) is 5.81. The minimum atomic E-state index is -1.04. The lowest BCUT2D eigenvalue weighted by atomic mass is 10.2. The fourth-order valence-electron chi connectivity index (χ4n) is 1.72. The van der Waals surface area contributed by atoms with Gasteiger partial charge in [0, 0.05) is 18.7 Å². The number of nitro groups is 1. The van der Waals surface area contributed by atoms with E-state index in [2.05, 4.69) is 5.32 Å². The molecule has 0 radical (unpaired) electrons. The number of carboxylic acids is 1. The number of furan rings is 1. The van der Waals surface area contributed by atoms with E-state index in [4.69, 9.17) is 9.52 Å². The second-order valence-corrected chi connectivity index (χ2v) is 4.09. The van der Waals surface area contributed by atoms with E-state index in [0.29, 0.717) is 12.3 Å². The fraction of sp³-hybridized carbons (Fsp3) is 0.154. The van der Waals surface area contributed by atoms with Crippen molar-refractivity contribution in [2.75, 3.05) is 0 Å². The topological polar surface area (TPSA) is 106 Å². The van der Waals surface area contributed by atoms with Crippen molar-refractivity contribution in [1.82, 2.24) is 5.32 Å². The summed E-state index contributed by atoms with van der Waals surface area (Å²) >= 11 is 0. The number of rotatable bonds is 6. The molecule has 2 aromatic rings. The van der Waals surface area contributed by atoms with Gasteiger partial charge < -0.3 is 14.8 Å². The van der Waals surface area contributed by atoms with E-state index in [1.165, 1.54) is 24.5 Å². The Balaban J connectivity index is 1.91. The lowest BCUT2D eigenvalue weighted by molar-refractivity contribution is -0.384. The third-order valence-corrected chi connectivity index (χ3v) is 2.74. The molecule has 0 fully saturated rings. The predicted octanol–water partition coefficient (Wildman–Crippen LogP) is 2.18. The number of nitrogens with one attached hydrogen (secondary N) is 1. The van der Waals surface area contributed by atoms with E-state index in [9.17, 15) is 14.9 Å². The van der Waals surface area contributed by atoms with Crippen molar-refractivity contribution in [1.29, 1.82) is 0 Å². The Hall–Kier alpha value is -2.67. The Morgan fingerprint density at radius 3 is 2.55 bits per heavy atom. The van der Waals surface area contributed by atoms with E-state index >= 15 is 0 Å². The first-order valence-electron chi connectivity index (χ1n) is 5.81. The minimum absolute atomic E-state index is 0.0351. The third kappa shape index (κ3) is 3.21. The highest BCUT2D eigenvalue weighted by molar-refractivity contribution is 5.88. The van der Waals surface area contributed by atoms with Crippen LogP contribution < -0.4 is 5.32 Å². The van der Waals surface area contributed by atoms with Gasteiger partial charge in [-0.05, 0) is 11.6 Å². The standard InChI is InChI=1S/C13H12N2O5/c16-13(17)11-5-6-20-12(11)8-14-7-9-1-3-10(4-2-9)15(18)19/h1-6,14H,7-8H2,(H,16,17). The van der Waals surface area contributed by atoms with Crippen molar-refractivity contribution in [2.45, 2.75) is 13.1 Å². The van der Waals surface area contributed by atoms with Crippen LogP contribution in [-0.2, 0) is 13.1 Å². The zero-order valence-corrected chi connectivity index (χ0v) is 10.4. The molecule has 0 amide bonds. The number of carboxylic acid groups (broad SMARTS) is 1. The molecule has 1 heterocycles. The van der Waals surface area contributed by atoms with Crippen LogP contribution >= 0.6 is 0 Å². The zero-order chi connectivity index (χ0) is 14.5. The highest BCUT2D eigenvalue weighted by atomic mass is 16.6. The molecule has 1 aromatic heterocycles. The molecule has 2 N–H and O–H groups in total. The molecule has 1 aromatic carbocycles. The van der Waals surface area contributed by atoms with Gasteiger partial charge in [0.05, 0.1) is 17.7 Å². The van der Waals surface area contributed by atoms with Gasteiger partial charge >= 0.3 is 5.97 Å². The Morgan fingerprint density at radius 2 is 1.95 bits per heavy atom. The maximum absolute atomic E-state index is 10.9. The van der Waals surface area contributed by atoms with Crippen LogP contribution in [0.5, 0.6) is 0 Å². The van der Waals surface area contributed by atoms with Gasteiger partial charge in [0.1, 0.15) is 11.3 Å². The first-order chi connectivity index (χ1) is 9.58. The number of aromatic carboxylic acids is 1. The fourth-order valence-corrected chi connectivity index (χ4v) is 1.72. The quantitative estimate of drug-likeness (QED) is 0.618. The average molecular weight is 276 g/mol. The summed E-state index contributed by atoms with van der Waals surface area (Å²) in [4.78, 5) is 20.9. The van der Waals surface area contributed by atoms with E-state index in [-0.39, 0.29) is 17.8 Å². The van der Waals surface area contributed by atoms with E-state index in [0.717, 1.165) is 5.56 Å². The number of non-ortho nitro benzene ring substituents is 1. The molecule has 0 spiro atoms. The number of carbonyl (C=O) groups is 1. The molecular weight excluding hydrogens is 264 g/mol. The van der Waals surface area contributed by atoms with E-state index in [1.54, 1.807) is 12.1 Å². The smallest absolute Gasteiger partial charge is 0.339 e. The van der Waals surface area contributed by atoms with Crippen LogP contribution in [-0.4, -0.2) is 16.0 Å². The second-order valence-electron chi connectivity index (χ2n) is 4.09. The summed E-state index contributed by atoms with van der Waals surface area (Å²) in [5.74, 6) is -0.690. The van der Waals surface area contributed by atoms with Crippen LogP contribution in [0, 0.1) is 10.1 Å². The maximum atomic E-state index is 10.9. The molecule has 0 saturated heterocycles. The summed E-state index contributed by atoms with van der Waals surface area (Å²) in [6.07, 6.45) is 1.33. The molecule has 20 heavy (non-hydrogen) atoms. The molecule has 2 rings (SSSR count). The van der Waals surface area contributed by atoms with Crippen molar-refractivity contribution < 1.29 is 19.2 Å². The van der Waals surface area contributed by atoms with Crippen molar-refractivity contribution in [3.63, 3.8) is 0 Å². The van der Waals surface area contributed by atoms with Gasteiger partial charge in [0.25, 0.3) is 5.69 Å². The third-order valence-electron chi connectivity index (χ3n) is 2.74. The molecule has 0 saturated carbocycles. The van der Waals surface area contributed by atoms with E-state index in [1.807, 2.05) is 0 Å². The molecule has 0 aliphatic carbocycles. The molecular formula is C13H12N2O5. The molecule has 0 aliphatic heterocycles. The molecule has 7 nitrogen and oxygen atoms in total. The number of nitrogens with zero attached hydrogens (tertiary/aromatic N) is 1. The average Bonchev–Trinajstić information content (AvgIpc) is 2.88. The van der Waals surface area contributed by atoms with Crippen LogP contribution in [0.1, 0.15) is 21.7 Å². The van der Waals surface area contributed by atoms with Gasteiger partial charge in [-0.15, -0.1) is 0 Å². The van der Waals surface area contributed by atoms with Crippen LogP contribution in [0.4, 0.5) is 5.69 Å². The molecule has 0 aliphatic rings. The van der Waals surface area contributed by atoms with Gasteiger partial charge in [0.2, 0.25) is 0 Å². The van der Waals surface area contributed by atoms with Gasteiger partial charge in [-0.25, -0.2) is 4.79 Å². The zero-order valence-electron chi connectivity index (χ0n) is 10.4. The molecule has 0 unspecified atom stereocenters. The second kappa shape index (κ2) is 5.98. The Labute approximate surface area is 114 Å². The highest BCUT2D eigenvalue weighted by Crippen LogP contribution is 2.13. The maximum Gasteiger partial charge on any atom is 0.339 e. The summed E-state index contributed by atoms with van der Waals surface area (Å²) in [7, 11) is 0. The molecule has 7 heteroatoms. The summed E-state index contributed by atoms with van der Waals surface area (Å²) in [5.41, 5.74) is 1.02. The molecule has 104 valence electrons. The van der Waals surface area contributed by atoms with Crippen molar-refractivity contribution in [3.05, 3.63) is 63.6 Å². The molecule has 0 atom stereocenters. The number of hydrogen-bond donors (Lipinski definition) is 2. The van der Waals surface area contributed by atoms with Crippen LogP contribution in [0.3, 0.4) is 0 Å². The lowest BCUT2D eigenvalue weighted by Crippen LogP contribution is -2.14. The largest absolute Gasteiger partial charge is 0.478 e. The van der Waals surface area contributed by atoms with Gasteiger partial charge in [0.15, 0.2) is 0 Å². The summed E-state index contributed by atoms with van der Waals surface area (Å²) in [6.45, 7) is 0.726. The molecule has 0 bridgehead atoms. The van der Waals surface area contributed by atoms with Crippen LogP contribution in [0.25, 0.3) is 0 Å². The lowest BCUT2D eigenvalue weighted by Gasteiger charge is -2.04. The normalized spacial score (nSPS) is 10.4. The van der Waals surface area contributed by atoms with Crippen molar-refractivity contribution >= 4 is 11.7 Å².